The number of ether oxygens (including phenoxy) is 1. The molecule has 88 valence electrons. The first-order chi connectivity index (χ1) is 8.29. The molecule has 0 aliphatic rings. The zero-order valence-electron chi connectivity index (χ0n) is 9.47. The third-order valence-electron chi connectivity index (χ3n) is 2.36. The highest BCUT2D eigenvalue weighted by molar-refractivity contribution is 7.09. The van der Waals surface area contributed by atoms with E-state index in [1.165, 1.54) is 0 Å². The highest BCUT2D eigenvalue weighted by atomic mass is 32.1. The summed E-state index contributed by atoms with van der Waals surface area (Å²) in [5.74, 6) is 0.681. The molecule has 17 heavy (non-hydrogen) atoms. The standard InChI is InChI=1S/C13H13NO2S/c1-16-11-6-4-10(5-7-11)13(15)14-9-12-3-2-8-17-12/h2-8H,9H2,1H3,(H,14,15). The van der Waals surface area contributed by atoms with Crippen molar-refractivity contribution in [3.63, 3.8) is 0 Å². The third kappa shape index (κ3) is 3.07. The van der Waals surface area contributed by atoms with Gasteiger partial charge in [-0.05, 0) is 35.7 Å². The number of benzene rings is 1. The fourth-order valence-corrected chi connectivity index (χ4v) is 2.07. The van der Waals surface area contributed by atoms with Crippen molar-refractivity contribution < 1.29 is 9.53 Å². The fourth-order valence-electron chi connectivity index (χ4n) is 1.43. The van der Waals surface area contributed by atoms with E-state index in [4.69, 9.17) is 4.74 Å². The Balaban J connectivity index is 1.95. The Bertz CT molecular complexity index is 477. The van der Waals surface area contributed by atoms with Gasteiger partial charge < -0.3 is 10.1 Å². The fraction of sp³-hybridized carbons (Fsp3) is 0.154. The minimum atomic E-state index is -0.0685. The van der Waals surface area contributed by atoms with Crippen LogP contribution in [0.1, 0.15) is 15.2 Å². The second-order valence-corrected chi connectivity index (χ2v) is 4.52. The van der Waals surface area contributed by atoms with E-state index >= 15 is 0 Å². The van der Waals surface area contributed by atoms with Crippen molar-refractivity contribution in [3.8, 4) is 5.75 Å². The van der Waals surface area contributed by atoms with Gasteiger partial charge in [-0.25, -0.2) is 0 Å². The van der Waals surface area contributed by atoms with E-state index in [0.717, 1.165) is 10.6 Å². The SMILES string of the molecule is COc1ccc(C(=O)NCc2cccs2)cc1. The monoisotopic (exact) mass is 247 g/mol. The Labute approximate surface area is 104 Å². The molecule has 1 heterocycles. The topological polar surface area (TPSA) is 38.3 Å². The summed E-state index contributed by atoms with van der Waals surface area (Å²) < 4.78 is 5.04. The van der Waals surface area contributed by atoms with E-state index in [1.807, 2.05) is 17.5 Å². The van der Waals surface area contributed by atoms with Gasteiger partial charge in [-0.1, -0.05) is 6.07 Å². The van der Waals surface area contributed by atoms with Crippen molar-refractivity contribution >= 4 is 17.2 Å². The van der Waals surface area contributed by atoms with E-state index in [9.17, 15) is 4.79 Å². The summed E-state index contributed by atoms with van der Waals surface area (Å²) in [6.07, 6.45) is 0. The number of thiophene rings is 1. The number of carbonyl (C=O) groups is 1. The quantitative estimate of drug-likeness (QED) is 0.902. The molecule has 2 aromatic rings. The summed E-state index contributed by atoms with van der Waals surface area (Å²) in [4.78, 5) is 12.9. The zero-order valence-corrected chi connectivity index (χ0v) is 10.3. The first-order valence-corrected chi connectivity index (χ1v) is 6.12. The second kappa shape index (κ2) is 5.50. The van der Waals surface area contributed by atoms with Gasteiger partial charge in [0.05, 0.1) is 13.7 Å². The lowest BCUT2D eigenvalue weighted by Gasteiger charge is -2.04. The summed E-state index contributed by atoms with van der Waals surface area (Å²) in [7, 11) is 1.60. The van der Waals surface area contributed by atoms with Gasteiger partial charge in [-0.15, -0.1) is 11.3 Å². The number of carbonyl (C=O) groups excluding carboxylic acids is 1. The van der Waals surface area contributed by atoms with Gasteiger partial charge in [0.15, 0.2) is 0 Å². The Morgan fingerprint density at radius 3 is 2.65 bits per heavy atom. The van der Waals surface area contributed by atoms with Crippen molar-refractivity contribution in [3.05, 3.63) is 52.2 Å². The number of hydrogen-bond acceptors (Lipinski definition) is 3. The molecule has 3 nitrogen and oxygen atoms in total. The van der Waals surface area contributed by atoms with Crippen molar-refractivity contribution in [1.29, 1.82) is 0 Å². The minimum absolute atomic E-state index is 0.0685. The van der Waals surface area contributed by atoms with E-state index in [0.29, 0.717) is 12.1 Å². The summed E-state index contributed by atoms with van der Waals surface area (Å²) in [5.41, 5.74) is 0.641. The average Bonchev–Trinajstić information content (AvgIpc) is 2.89. The highest BCUT2D eigenvalue weighted by Gasteiger charge is 2.05. The van der Waals surface area contributed by atoms with Crippen LogP contribution in [-0.2, 0) is 6.54 Å². The molecular formula is C13H13NO2S. The molecule has 1 amide bonds. The molecule has 1 aromatic carbocycles. The maximum atomic E-state index is 11.8. The number of rotatable bonds is 4. The third-order valence-corrected chi connectivity index (χ3v) is 3.23. The van der Waals surface area contributed by atoms with Crippen molar-refractivity contribution in [2.45, 2.75) is 6.54 Å². The molecule has 0 saturated carbocycles. The normalized spacial score (nSPS) is 9.94. The van der Waals surface area contributed by atoms with Crippen LogP contribution in [0.15, 0.2) is 41.8 Å². The molecule has 0 saturated heterocycles. The Kier molecular flexibility index (Phi) is 3.77. The lowest BCUT2D eigenvalue weighted by molar-refractivity contribution is 0.0951. The molecule has 0 unspecified atom stereocenters. The smallest absolute Gasteiger partial charge is 0.251 e. The molecule has 0 spiro atoms. The number of nitrogens with one attached hydrogen (secondary N) is 1. The van der Waals surface area contributed by atoms with Crippen LogP contribution in [0.4, 0.5) is 0 Å². The maximum absolute atomic E-state index is 11.8. The maximum Gasteiger partial charge on any atom is 0.251 e. The number of amides is 1. The van der Waals surface area contributed by atoms with E-state index < -0.39 is 0 Å². The first-order valence-electron chi connectivity index (χ1n) is 5.24. The molecule has 0 fully saturated rings. The van der Waals surface area contributed by atoms with Gasteiger partial charge in [-0.3, -0.25) is 4.79 Å². The molecule has 2 rings (SSSR count). The average molecular weight is 247 g/mol. The molecule has 0 aliphatic heterocycles. The van der Waals surface area contributed by atoms with Crippen molar-refractivity contribution in [2.24, 2.45) is 0 Å². The van der Waals surface area contributed by atoms with Gasteiger partial charge in [0.25, 0.3) is 5.91 Å². The van der Waals surface area contributed by atoms with Crippen LogP contribution in [0.25, 0.3) is 0 Å². The Morgan fingerprint density at radius 2 is 2.06 bits per heavy atom. The molecule has 0 aliphatic carbocycles. The van der Waals surface area contributed by atoms with Gasteiger partial charge in [0.2, 0.25) is 0 Å². The summed E-state index contributed by atoms with van der Waals surface area (Å²) in [6.45, 7) is 0.572. The molecule has 0 radical (unpaired) electrons. The molecule has 0 bridgehead atoms. The summed E-state index contributed by atoms with van der Waals surface area (Å²) in [5, 5.41) is 4.86. The van der Waals surface area contributed by atoms with Crippen LogP contribution in [0.3, 0.4) is 0 Å². The zero-order chi connectivity index (χ0) is 12.1. The Morgan fingerprint density at radius 1 is 1.29 bits per heavy atom. The highest BCUT2D eigenvalue weighted by Crippen LogP contribution is 2.12. The molecular weight excluding hydrogens is 234 g/mol. The predicted octanol–water partition coefficient (Wildman–Crippen LogP) is 2.69. The van der Waals surface area contributed by atoms with Gasteiger partial charge in [-0.2, -0.15) is 0 Å². The van der Waals surface area contributed by atoms with Crippen molar-refractivity contribution in [1.82, 2.24) is 5.32 Å². The van der Waals surface area contributed by atoms with Crippen LogP contribution in [0, 0.1) is 0 Å². The molecule has 1 N–H and O–H groups in total. The van der Waals surface area contributed by atoms with Gasteiger partial charge in [0, 0.05) is 10.4 Å². The largest absolute Gasteiger partial charge is 0.497 e. The number of hydrogen-bond donors (Lipinski definition) is 1. The summed E-state index contributed by atoms with van der Waals surface area (Å²) in [6, 6.07) is 11.0. The van der Waals surface area contributed by atoms with Crippen LogP contribution in [0.5, 0.6) is 5.75 Å². The second-order valence-electron chi connectivity index (χ2n) is 3.49. The van der Waals surface area contributed by atoms with Crippen LogP contribution >= 0.6 is 11.3 Å². The van der Waals surface area contributed by atoms with E-state index in [2.05, 4.69) is 5.32 Å². The van der Waals surface area contributed by atoms with Gasteiger partial charge in [0.1, 0.15) is 5.75 Å². The predicted molar refractivity (Wildman–Crippen MR) is 68.5 cm³/mol. The van der Waals surface area contributed by atoms with Gasteiger partial charge >= 0.3 is 0 Å². The van der Waals surface area contributed by atoms with Crippen LogP contribution in [0.2, 0.25) is 0 Å². The minimum Gasteiger partial charge on any atom is -0.497 e. The van der Waals surface area contributed by atoms with E-state index in [1.54, 1.807) is 42.7 Å². The molecule has 0 atom stereocenters. The summed E-state index contributed by atoms with van der Waals surface area (Å²) >= 11 is 1.63. The van der Waals surface area contributed by atoms with Crippen LogP contribution < -0.4 is 10.1 Å². The first kappa shape index (κ1) is 11.7. The number of methoxy groups -OCH3 is 1. The van der Waals surface area contributed by atoms with Crippen molar-refractivity contribution in [2.75, 3.05) is 7.11 Å². The lowest BCUT2D eigenvalue weighted by atomic mass is 10.2. The lowest BCUT2D eigenvalue weighted by Crippen LogP contribution is -2.22. The molecule has 1 aromatic heterocycles. The van der Waals surface area contributed by atoms with Crippen LogP contribution in [-0.4, -0.2) is 13.0 Å². The molecule has 4 heteroatoms. The Hall–Kier alpha value is -1.81. The van der Waals surface area contributed by atoms with E-state index in [-0.39, 0.29) is 5.91 Å².